The van der Waals surface area contributed by atoms with Crippen LogP contribution >= 0.6 is 0 Å². The summed E-state index contributed by atoms with van der Waals surface area (Å²) in [5.41, 5.74) is 7.38. The van der Waals surface area contributed by atoms with E-state index in [9.17, 15) is 10.1 Å². The molecule has 3 N–H and O–H groups in total. The fourth-order valence-corrected chi connectivity index (χ4v) is 1.44. The lowest BCUT2D eigenvalue weighted by Gasteiger charge is -2.17. The van der Waals surface area contributed by atoms with E-state index in [0.717, 1.165) is 5.56 Å². The molecule has 1 aliphatic carbocycles. The fourth-order valence-electron chi connectivity index (χ4n) is 1.44. The Morgan fingerprint density at radius 3 is 2.87 bits per heavy atom. The zero-order valence-electron chi connectivity index (χ0n) is 7.54. The van der Waals surface area contributed by atoms with Crippen molar-refractivity contribution in [3.63, 3.8) is 0 Å². The van der Waals surface area contributed by atoms with E-state index < -0.39 is 4.92 Å². The van der Waals surface area contributed by atoms with E-state index in [0.29, 0.717) is 11.1 Å². The molecular formula is C9H7N3O3. The lowest BCUT2D eigenvalue weighted by atomic mass is 9.87. The first-order valence-corrected chi connectivity index (χ1v) is 4.12. The third-order valence-corrected chi connectivity index (χ3v) is 2.22. The molecule has 0 bridgehead atoms. The Labute approximate surface area is 84.5 Å². The second kappa shape index (κ2) is 3.09. The minimum atomic E-state index is -0.484. The molecule has 1 aromatic rings. The van der Waals surface area contributed by atoms with E-state index in [1.54, 1.807) is 12.1 Å². The molecule has 6 heteroatoms. The van der Waals surface area contributed by atoms with Crippen molar-refractivity contribution in [2.45, 2.75) is 0 Å². The number of hydrogen-bond donors (Lipinski definition) is 2. The van der Waals surface area contributed by atoms with Gasteiger partial charge < -0.3 is 10.9 Å². The molecule has 0 unspecified atom stereocenters. The highest BCUT2D eigenvalue weighted by atomic mass is 16.6. The zero-order valence-corrected chi connectivity index (χ0v) is 7.54. The number of amidine groups is 1. The van der Waals surface area contributed by atoms with Gasteiger partial charge in [0.15, 0.2) is 5.84 Å². The summed E-state index contributed by atoms with van der Waals surface area (Å²) < 4.78 is 0. The zero-order chi connectivity index (χ0) is 11.0. The van der Waals surface area contributed by atoms with E-state index in [1.807, 2.05) is 0 Å². The van der Waals surface area contributed by atoms with E-state index in [4.69, 9.17) is 10.9 Å². The first-order valence-electron chi connectivity index (χ1n) is 4.12. The molecule has 0 saturated heterocycles. The molecule has 0 heterocycles. The quantitative estimate of drug-likeness (QED) is 0.249. The summed E-state index contributed by atoms with van der Waals surface area (Å²) in [4.78, 5) is 10.0. The van der Waals surface area contributed by atoms with Crippen molar-refractivity contribution in [2.75, 3.05) is 0 Å². The first-order chi connectivity index (χ1) is 7.13. The van der Waals surface area contributed by atoms with Gasteiger partial charge >= 0.3 is 0 Å². The maximum atomic E-state index is 10.5. The Morgan fingerprint density at radius 1 is 1.53 bits per heavy atom. The number of hydrogen-bond acceptors (Lipinski definition) is 4. The maximum absolute atomic E-state index is 10.5. The summed E-state index contributed by atoms with van der Waals surface area (Å²) in [6.45, 7) is 0. The molecule has 15 heavy (non-hydrogen) atoms. The molecular weight excluding hydrogens is 198 g/mol. The summed E-state index contributed by atoms with van der Waals surface area (Å²) in [6, 6.07) is 4.45. The Hall–Kier alpha value is -2.37. The molecule has 0 atom stereocenters. The standard InChI is InChI=1S/C9H7N3O3/c10-9(11-13)8-3-5-1-2-6(12(14)15)4-7(5)8/h1-4,13H,(H2,10,11). The molecule has 0 saturated carbocycles. The van der Waals surface area contributed by atoms with Crippen LogP contribution in [0.25, 0.3) is 11.6 Å². The SMILES string of the molecule is NC(=NO)C1=Cc2ccc([N+](=O)[O-])cc21. The summed E-state index contributed by atoms with van der Waals surface area (Å²) in [6.07, 6.45) is 1.70. The van der Waals surface area contributed by atoms with Crippen LogP contribution in [0.4, 0.5) is 5.69 Å². The number of nitro groups is 1. The first kappa shape index (κ1) is 9.20. The Morgan fingerprint density at radius 2 is 2.27 bits per heavy atom. The average molecular weight is 205 g/mol. The van der Waals surface area contributed by atoms with Crippen molar-refractivity contribution < 1.29 is 10.1 Å². The van der Waals surface area contributed by atoms with Crippen LogP contribution in [0.5, 0.6) is 0 Å². The number of rotatable bonds is 2. The normalized spacial score (nSPS) is 13.9. The highest BCUT2D eigenvalue weighted by Crippen LogP contribution is 2.34. The summed E-state index contributed by atoms with van der Waals surface area (Å²) >= 11 is 0. The molecule has 76 valence electrons. The van der Waals surface area contributed by atoms with Crippen LogP contribution in [-0.2, 0) is 0 Å². The van der Waals surface area contributed by atoms with Crippen molar-refractivity contribution >= 4 is 23.2 Å². The number of oxime groups is 1. The molecule has 0 radical (unpaired) electrons. The number of nitrogens with zero attached hydrogens (tertiary/aromatic N) is 2. The van der Waals surface area contributed by atoms with Crippen LogP contribution in [0.3, 0.4) is 0 Å². The van der Waals surface area contributed by atoms with Crippen molar-refractivity contribution in [2.24, 2.45) is 10.9 Å². The van der Waals surface area contributed by atoms with Gasteiger partial charge in [-0.05, 0) is 23.3 Å². The maximum Gasteiger partial charge on any atom is 0.270 e. The van der Waals surface area contributed by atoms with Crippen LogP contribution in [0.15, 0.2) is 23.4 Å². The molecule has 0 amide bonds. The average Bonchev–Trinajstić information content (AvgIpc) is 2.19. The molecule has 0 aromatic heterocycles. The largest absolute Gasteiger partial charge is 0.409 e. The second-order valence-electron chi connectivity index (χ2n) is 3.07. The lowest BCUT2D eigenvalue weighted by Crippen LogP contribution is -2.18. The molecule has 1 aromatic carbocycles. The predicted molar refractivity (Wildman–Crippen MR) is 54.4 cm³/mol. The van der Waals surface area contributed by atoms with E-state index in [-0.39, 0.29) is 11.5 Å². The van der Waals surface area contributed by atoms with Gasteiger partial charge in [-0.2, -0.15) is 0 Å². The van der Waals surface area contributed by atoms with E-state index >= 15 is 0 Å². The van der Waals surface area contributed by atoms with Crippen LogP contribution in [0.2, 0.25) is 0 Å². The number of nitro benzene ring substituents is 1. The van der Waals surface area contributed by atoms with Gasteiger partial charge in [0.2, 0.25) is 0 Å². The summed E-state index contributed by atoms with van der Waals surface area (Å²) in [5.74, 6) is -0.0389. The molecule has 2 rings (SSSR count). The van der Waals surface area contributed by atoms with Gasteiger partial charge in [-0.15, -0.1) is 0 Å². The molecule has 0 aliphatic heterocycles. The summed E-state index contributed by atoms with van der Waals surface area (Å²) in [5, 5.41) is 21.8. The van der Waals surface area contributed by atoms with Gasteiger partial charge in [-0.1, -0.05) is 5.16 Å². The molecule has 0 fully saturated rings. The highest BCUT2D eigenvalue weighted by Gasteiger charge is 2.22. The van der Waals surface area contributed by atoms with Gasteiger partial charge in [0, 0.05) is 17.7 Å². The number of nitrogens with two attached hydrogens (primary N) is 1. The minimum absolute atomic E-state index is 0.00918. The third-order valence-electron chi connectivity index (χ3n) is 2.22. The smallest absolute Gasteiger partial charge is 0.270 e. The van der Waals surface area contributed by atoms with E-state index in [2.05, 4.69) is 5.16 Å². The molecule has 1 aliphatic rings. The van der Waals surface area contributed by atoms with Crippen molar-refractivity contribution in [3.8, 4) is 0 Å². The van der Waals surface area contributed by atoms with Crippen LogP contribution < -0.4 is 5.73 Å². The van der Waals surface area contributed by atoms with Gasteiger partial charge in [0.05, 0.1) is 4.92 Å². The predicted octanol–water partition coefficient (Wildman–Crippen LogP) is 1.20. The highest BCUT2D eigenvalue weighted by molar-refractivity contribution is 6.31. The Balaban J connectivity index is 2.42. The lowest BCUT2D eigenvalue weighted by molar-refractivity contribution is -0.384. The van der Waals surface area contributed by atoms with Gasteiger partial charge in [0.25, 0.3) is 5.69 Å². The van der Waals surface area contributed by atoms with Crippen LogP contribution in [0, 0.1) is 10.1 Å². The summed E-state index contributed by atoms with van der Waals surface area (Å²) in [7, 11) is 0. The molecule has 6 nitrogen and oxygen atoms in total. The molecule has 0 spiro atoms. The van der Waals surface area contributed by atoms with Gasteiger partial charge in [0.1, 0.15) is 0 Å². The van der Waals surface area contributed by atoms with Crippen LogP contribution in [0.1, 0.15) is 11.1 Å². The van der Waals surface area contributed by atoms with Crippen molar-refractivity contribution in [3.05, 3.63) is 39.4 Å². The van der Waals surface area contributed by atoms with Crippen molar-refractivity contribution in [1.29, 1.82) is 0 Å². The number of benzene rings is 1. The van der Waals surface area contributed by atoms with E-state index in [1.165, 1.54) is 12.1 Å². The Bertz CT molecular complexity index is 505. The van der Waals surface area contributed by atoms with Gasteiger partial charge in [-0.3, -0.25) is 10.1 Å². The monoisotopic (exact) mass is 205 g/mol. The minimum Gasteiger partial charge on any atom is -0.409 e. The topological polar surface area (TPSA) is 102 Å². The van der Waals surface area contributed by atoms with Crippen molar-refractivity contribution in [1.82, 2.24) is 0 Å². The third kappa shape index (κ3) is 1.32. The number of non-ortho nitro benzene ring substituents is 1. The second-order valence-corrected chi connectivity index (χ2v) is 3.07. The fraction of sp³-hybridized carbons (Fsp3) is 0. The van der Waals surface area contributed by atoms with Crippen LogP contribution in [-0.4, -0.2) is 16.0 Å². The Kier molecular flexibility index (Phi) is 1.89. The number of fused-ring (bicyclic) bond motifs is 1. The van der Waals surface area contributed by atoms with Gasteiger partial charge in [-0.25, -0.2) is 0 Å².